The molecule has 2 unspecified atom stereocenters. The summed E-state index contributed by atoms with van der Waals surface area (Å²) in [5.41, 5.74) is -0.821. The highest BCUT2D eigenvalue weighted by molar-refractivity contribution is 9.10. The van der Waals surface area contributed by atoms with E-state index in [0.717, 1.165) is 12.5 Å². The minimum absolute atomic E-state index is 0.0500. The van der Waals surface area contributed by atoms with E-state index in [1.807, 2.05) is 13.8 Å². The summed E-state index contributed by atoms with van der Waals surface area (Å²) in [4.78, 5) is 0. The molecule has 1 aromatic rings. The second-order valence-electron chi connectivity index (χ2n) is 4.49. The van der Waals surface area contributed by atoms with Gasteiger partial charge in [0.1, 0.15) is 0 Å². The quantitative estimate of drug-likeness (QED) is 0.831. The van der Waals surface area contributed by atoms with Crippen molar-refractivity contribution in [3.8, 4) is 0 Å². The average molecular weight is 325 g/mol. The largest absolute Gasteiger partial charge is 0.416 e. The fourth-order valence-electron chi connectivity index (χ4n) is 1.74. The molecule has 0 bridgehead atoms. The number of hydrogen-bond acceptors (Lipinski definition) is 1. The van der Waals surface area contributed by atoms with Crippen LogP contribution in [0, 0.1) is 5.92 Å². The number of aliphatic hydroxyl groups excluding tert-OH is 1. The maximum absolute atomic E-state index is 12.9. The highest BCUT2D eigenvalue weighted by atomic mass is 79.9. The van der Waals surface area contributed by atoms with Crippen LogP contribution in [0.2, 0.25) is 0 Å². The molecule has 0 aliphatic carbocycles. The van der Waals surface area contributed by atoms with E-state index in [0.29, 0.717) is 10.9 Å². The summed E-state index contributed by atoms with van der Waals surface area (Å²) >= 11 is 3.02. The SMILES string of the molecule is CCC(C)CC(O)c1ccc(Br)cc1C(F)(F)F. The summed E-state index contributed by atoms with van der Waals surface area (Å²) in [7, 11) is 0. The molecule has 1 rings (SSSR count). The average Bonchev–Trinajstić information content (AvgIpc) is 2.27. The maximum atomic E-state index is 12.9. The second-order valence-corrected chi connectivity index (χ2v) is 5.41. The van der Waals surface area contributed by atoms with Crippen LogP contribution in [0.4, 0.5) is 13.2 Å². The number of alkyl halides is 3. The van der Waals surface area contributed by atoms with E-state index >= 15 is 0 Å². The van der Waals surface area contributed by atoms with Crippen LogP contribution in [0.3, 0.4) is 0 Å². The molecular formula is C13H16BrF3O. The molecular weight excluding hydrogens is 309 g/mol. The van der Waals surface area contributed by atoms with Crippen molar-refractivity contribution in [3.63, 3.8) is 0 Å². The van der Waals surface area contributed by atoms with Gasteiger partial charge in [-0.2, -0.15) is 13.2 Å². The zero-order valence-electron chi connectivity index (χ0n) is 10.3. The molecule has 5 heteroatoms. The topological polar surface area (TPSA) is 20.2 Å². The lowest BCUT2D eigenvalue weighted by Gasteiger charge is -2.20. The first kappa shape index (κ1) is 15.5. The van der Waals surface area contributed by atoms with Gasteiger partial charge in [-0.1, -0.05) is 42.3 Å². The van der Waals surface area contributed by atoms with Gasteiger partial charge in [-0.3, -0.25) is 0 Å². The molecule has 0 aromatic heterocycles. The number of benzene rings is 1. The van der Waals surface area contributed by atoms with Crippen molar-refractivity contribution in [1.29, 1.82) is 0 Å². The third kappa shape index (κ3) is 3.99. The molecule has 0 radical (unpaired) electrons. The van der Waals surface area contributed by atoms with E-state index in [2.05, 4.69) is 15.9 Å². The Hall–Kier alpha value is -0.550. The Morgan fingerprint density at radius 2 is 1.94 bits per heavy atom. The van der Waals surface area contributed by atoms with Gasteiger partial charge in [-0.25, -0.2) is 0 Å². The Kier molecular flexibility index (Phi) is 5.22. The molecule has 0 saturated carbocycles. The molecule has 0 aliphatic heterocycles. The predicted octanol–water partition coefficient (Wildman–Crippen LogP) is 4.94. The van der Waals surface area contributed by atoms with E-state index in [1.165, 1.54) is 12.1 Å². The molecule has 1 N–H and O–H groups in total. The number of halogens is 4. The summed E-state index contributed by atoms with van der Waals surface area (Å²) in [5.74, 6) is 0.185. The predicted molar refractivity (Wildman–Crippen MR) is 68.2 cm³/mol. The van der Waals surface area contributed by atoms with Crippen molar-refractivity contribution in [3.05, 3.63) is 33.8 Å². The van der Waals surface area contributed by atoms with Gasteiger partial charge >= 0.3 is 6.18 Å². The first-order valence-corrected chi connectivity index (χ1v) is 6.59. The minimum Gasteiger partial charge on any atom is -0.388 e. The number of rotatable bonds is 4. The third-order valence-corrected chi connectivity index (χ3v) is 3.50. The van der Waals surface area contributed by atoms with Crippen LogP contribution in [0.1, 0.15) is 43.9 Å². The van der Waals surface area contributed by atoms with Crippen LogP contribution in [-0.4, -0.2) is 5.11 Å². The van der Waals surface area contributed by atoms with Gasteiger partial charge in [0, 0.05) is 4.47 Å². The molecule has 102 valence electrons. The molecule has 0 amide bonds. The van der Waals surface area contributed by atoms with E-state index < -0.39 is 17.8 Å². The van der Waals surface area contributed by atoms with Crippen molar-refractivity contribution >= 4 is 15.9 Å². The smallest absolute Gasteiger partial charge is 0.388 e. The fourth-order valence-corrected chi connectivity index (χ4v) is 2.10. The summed E-state index contributed by atoms with van der Waals surface area (Å²) in [6, 6.07) is 3.86. The van der Waals surface area contributed by atoms with Crippen LogP contribution >= 0.6 is 15.9 Å². The molecule has 2 atom stereocenters. The van der Waals surface area contributed by atoms with Crippen LogP contribution < -0.4 is 0 Å². The minimum atomic E-state index is -4.45. The normalized spacial score (nSPS) is 15.5. The van der Waals surface area contributed by atoms with Crippen LogP contribution in [0.15, 0.2) is 22.7 Å². The van der Waals surface area contributed by atoms with Gasteiger partial charge in [0.15, 0.2) is 0 Å². The summed E-state index contributed by atoms with van der Waals surface area (Å²) in [5, 5.41) is 9.94. The Bertz CT molecular complexity index is 404. The highest BCUT2D eigenvalue weighted by Crippen LogP contribution is 2.37. The lowest BCUT2D eigenvalue weighted by atomic mass is 9.93. The van der Waals surface area contributed by atoms with E-state index in [1.54, 1.807) is 0 Å². The Morgan fingerprint density at radius 1 is 1.33 bits per heavy atom. The first-order valence-electron chi connectivity index (χ1n) is 5.80. The molecule has 0 spiro atoms. The third-order valence-electron chi connectivity index (χ3n) is 3.00. The van der Waals surface area contributed by atoms with Gasteiger partial charge in [-0.15, -0.1) is 0 Å². The Labute approximate surface area is 113 Å². The zero-order valence-corrected chi connectivity index (χ0v) is 11.8. The summed E-state index contributed by atoms with van der Waals surface area (Å²) in [6.07, 6.45) is -4.37. The highest BCUT2D eigenvalue weighted by Gasteiger charge is 2.35. The molecule has 1 aromatic carbocycles. The number of aliphatic hydroxyl groups is 1. The molecule has 0 saturated heterocycles. The standard InChI is InChI=1S/C13H16BrF3O/c1-3-8(2)6-12(18)10-5-4-9(14)7-11(10)13(15,16)17/h4-5,7-8,12,18H,3,6H2,1-2H3. The van der Waals surface area contributed by atoms with Crippen molar-refractivity contribution in [2.45, 2.75) is 39.0 Å². The zero-order chi connectivity index (χ0) is 13.9. The second kappa shape index (κ2) is 6.06. The number of hydrogen-bond donors (Lipinski definition) is 1. The van der Waals surface area contributed by atoms with Gasteiger partial charge in [-0.05, 0) is 30.0 Å². The van der Waals surface area contributed by atoms with E-state index in [9.17, 15) is 18.3 Å². The Balaban J connectivity index is 3.08. The van der Waals surface area contributed by atoms with Crippen molar-refractivity contribution in [1.82, 2.24) is 0 Å². The lowest BCUT2D eigenvalue weighted by molar-refractivity contribution is -0.139. The molecule has 0 fully saturated rings. The van der Waals surface area contributed by atoms with Crippen LogP contribution in [0.5, 0.6) is 0 Å². The van der Waals surface area contributed by atoms with E-state index in [4.69, 9.17) is 0 Å². The summed E-state index contributed by atoms with van der Waals surface area (Å²) in [6.45, 7) is 3.86. The van der Waals surface area contributed by atoms with Crippen molar-refractivity contribution < 1.29 is 18.3 Å². The van der Waals surface area contributed by atoms with Crippen molar-refractivity contribution in [2.75, 3.05) is 0 Å². The van der Waals surface area contributed by atoms with Crippen molar-refractivity contribution in [2.24, 2.45) is 5.92 Å². The van der Waals surface area contributed by atoms with E-state index in [-0.39, 0.29) is 11.5 Å². The first-order chi connectivity index (χ1) is 8.25. The van der Waals surface area contributed by atoms with Gasteiger partial charge in [0.05, 0.1) is 11.7 Å². The fraction of sp³-hybridized carbons (Fsp3) is 0.538. The van der Waals surface area contributed by atoms with Gasteiger partial charge in [0.25, 0.3) is 0 Å². The lowest BCUT2D eigenvalue weighted by Crippen LogP contribution is -2.13. The molecule has 1 nitrogen and oxygen atoms in total. The monoisotopic (exact) mass is 324 g/mol. The molecule has 0 aliphatic rings. The maximum Gasteiger partial charge on any atom is 0.416 e. The van der Waals surface area contributed by atoms with Gasteiger partial charge < -0.3 is 5.11 Å². The Morgan fingerprint density at radius 3 is 2.44 bits per heavy atom. The summed E-state index contributed by atoms with van der Waals surface area (Å²) < 4.78 is 39.0. The van der Waals surface area contributed by atoms with Gasteiger partial charge in [0.2, 0.25) is 0 Å². The molecule has 0 heterocycles. The van der Waals surface area contributed by atoms with Crippen LogP contribution in [0.25, 0.3) is 0 Å². The molecule has 18 heavy (non-hydrogen) atoms. The van der Waals surface area contributed by atoms with Crippen LogP contribution in [-0.2, 0) is 6.18 Å².